The molecule has 0 aliphatic carbocycles. The molecule has 0 bridgehead atoms. The molecule has 1 fully saturated rings. The minimum absolute atomic E-state index is 0.0692. The fourth-order valence-electron chi connectivity index (χ4n) is 6.56. The molecular weight excluding hydrogens is 472 g/mol. The standard InChI is InChI=1S/C32H37N4O2/c37-31(14-7-23-38-25-9-2-1-3-10-25)32(29-16-15-24-8-4-5-11-27(24)35-29)36(21-19-33-20-22-36)30-13-6-12-28-26(30)17-18-34-28/h1-6,8-13,17-18,29,32-35H,7,14-16,19-23H2/q+1. The highest BCUT2D eigenvalue weighted by atomic mass is 16.5. The van der Waals surface area contributed by atoms with Gasteiger partial charge in [0, 0.05) is 31.4 Å². The number of H-pyrrole nitrogens is 1. The highest BCUT2D eigenvalue weighted by molar-refractivity contribution is 5.95. The molecule has 2 aliphatic rings. The van der Waals surface area contributed by atoms with Crippen molar-refractivity contribution >= 4 is 28.1 Å². The molecule has 6 rings (SSSR count). The van der Waals surface area contributed by atoms with E-state index in [1.54, 1.807) is 0 Å². The third kappa shape index (κ3) is 4.82. The first-order valence-electron chi connectivity index (χ1n) is 13.9. The zero-order valence-corrected chi connectivity index (χ0v) is 21.9. The number of piperazine rings is 1. The number of nitrogens with zero attached hydrogens (tertiary/aromatic N) is 1. The van der Waals surface area contributed by atoms with Crippen LogP contribution in [0.15, 0.2) is 85.1 Å². The molecule has 2 unspecified atom stereocenters. The van der Waals surface area contributed by atoms with Crippen LogP contribution in [0.2, 0.25) is 0 Å². The molecule has 0 saturated carbocycles. The van der Waals surface area contributed by atoms with Crippen molar-refractivity contribution in [2.75, 3.05) is 38.1 Å². The number of hydrogen-bond acceptors (Lipinski definition) is 4. The first-order chi connectivity index (χ1) is 18.7. The van der Waals surface area contributed by atoms with E-state index in [1.807, 2.05) is 36.5 Å². The maximum atomic E-state index is 14.4. The second-order valence-electron chi connectivity index (χ2n) is 10.6. The molecule has 196 valence electrons. The summed E-state index contributed by atoms with van der Waals surface area (Å²) in [4.78, 5) is 17.8. The topological polar surface area (TPSA) is 66.1 Å². The maximum Gasteiger partial charge on any atom is 0.192 e. The van der Waals surface area contributed by atoms with Crippen LogP contribution in [0, 0.1) is 0 Å². The van der Waals surface area contributed by atoms with Gasteiger partial charge in [-0.3, -0.25) is 9.28 Å². The van der Waals surface area contributed by atoms with E-state index in [-0.39, 0.29) is 12.1 Å². The Labute approximate surface area is 224 Å². The highest BCUT2D eigenvalue weighted by Crippen LogP contribution is 2.39. The van der Waals surface area contributed by atoms with Crippen molar-refractivity contribution in [1.29, 1.82) is 0 Å². The minimum Gasteiger partial charge on any atom is -0.494 e. The molecule has 6 heteroatoms. The van der Waals surface area contributed by atoms with E-state index >= 15 is 0 Å². The lowest BCUT2D eigenvalue weighted by Crippen LogP contribution is -2.71. The Bertz CT molecular complexity index is 1380. The van der Waals surface area contributed by atoms with Gasteiger partial charge in [0.25, 0.3) is 0 Å². The molecular formula is C32H37N4O2+. The van der Waals surface area contributed by atoms with Crippen LogP contribution >= 0.6 is 0 Å². The van der Waals surface area contributed by atoms with Gasteiger partial charge in [-0.05, 0) is 61.2 Å². The van der Waals surface area contributed by atoms with Crippen LogP contribution in [0.5, 0.6) is 5.75 Å². The zero-order valence-electron chi connectivity index (χ0n) is 21.9. The quantitative estimate of drug-likeness (QED) is 0.212. The summed E-state index contributed by atoms with van der Waals surface area (Å²) in [6, 6.07) is 27.0. The number of ether oxygens (including phenoxy) is 1. The second-order valence-corrected chi connectivity index (χ2v) is 10.6. The van der Waals surface area contributed by atoms with Gasteiger partial charge in [0.1, 0.15) is 11.4 Å². The molecule has 6 nitrogen and oxygen atoms in total. The van der Waals surface area contributed by atoms with E-state index in [2.05, 4.69) is 64.1 Å². The number of carbonyl (C=O) groups is 1. The van der Waals surface area contributed by atoms with Gasteiger partial charge in [0.05, 0.1) is 36.6 Å². The molecule has 1 aromatic heterocycles. The van der Waals surface area contributed by atoms with Crippen molar-refractivity contribution in [2.45, 2.75) is 37.8 Å². The van der Waals surface area contributed by atoms with Crippen molar-refractivity contribution in [3.8, 4) is 5.75 Å². The van der Waals surface area contributed by atoms with E-state index < -0.39 is 0 Å². The van der Waals surface area contributed by atoms with E-state index in [1.165, 1.54) is 22.3 Å². The highest BCUT2D eigenvalue weighted by Gasteiger charge is 2.49. The Morgan fingerprint density at radius 2 is 1.76 bits per heavy atom. The Kier molecular flexibility index (Phi) is 7.16. The fourth-order valence-corrected chi connectivity index (χ4v) is 6.56. The van der Waals surface area contributed by atoms with Crippen LogP contribution in [-0.4, -0.2) is 55.6 Å². The Hall–Kier alpha value is -3.61. The number of Topliss-reactive ketones (excluding diaryl/α,β-unsaturated/α-hetero) is 1. The van der Waals surface area contributed by atoms with Gasteiger partial charge in [0.15, 0.2) is 11.8 Å². The van der Waals surface area contributed by atoms with E-state index in [0.29, 0.717) is 29.7 Å². The molecule has 2 atom stereocenters. The van der Waals surface area contributed by atoms with Gasteiger partial charge >= 0.3 is 0 Å². The molecule has 38 heavy (non-hydrogen) atoms. The lowest BCUT2D eigenvalue weighted by molar-refractivity contribution is -0.125. The summed E-state index contributed by atoms with van der Waals surface area (Å²) in [6.07, 6.45) is 5.17. The number of rotatable bonds is 9. The third-order valence-electron chi connectivity index (χ3n) is 8.33. The Morgan fingerprint density at radius 3 is 2.63 bits per heavy atom. The third-order valence-corrected chi connectivity index (χ3v) is 8.33. The van der Waals surface area contributed by atoms with Crippen molar-refractivity contribution in [3.63, 3.8) is 0 Å². The van der Waals surface area contributed by atoms with Gasteiger partial charge in [0.2, 0.25) is 0 Å². The smallest absolute Gasteiger partial charge is 0.192 e. The van der Waals surface area contributed by atoms with Crippen molar-refractivity contribution in [1.82, 2.24) is 14.8 Å². The summed E-state index contributed by atoms with van der Waals surface area (Å²) in [6.45, 7) is 4.11. The van der Waals surface area contributed by atoms with Crippen LogP contribution < -0.4 is 19.9 Å². The first-order valence-corrected chi connectivity index (χ1v) is 13.9. The molecule has 0 spiro atoms. The summed E-state index contributed by atoms with van der Waals surface area (Å²) in [5, 5.41) is 8.61. The summed E-state index contributed by atoms with van der Waals surface area (Å²) in [5.74, 6) is 1.18. The number of fused-ring (bicyclic) bond motifs is 2. The maximum absolute atomic E-state index is 14.4. The summed E-state index contributed by atoms with van der Waals surface area (Å²) in [5.41, 5.74) is 4.89. The molecule has 3 aromatic carbocycles. The SMILES string of the molecule is O=C(CCCOc1ccccc1)C(C1CCc2ccccc2N1)[N+]1(c2cccc3[nH]ccc23)CCNCC1. The predicted molar refractivity (Wildman–Crippen MR) is 155 cm³/mol. The summed E-state index contributed by atoms with van der Waals surface area (Å²) < 4.78 is 6.62. The molecule has 0 radical (unpaired) electrons. The fraction of sp³-hybridized carbons (Fsp3) is 0.344. The van der Waals surface area contributed by atoms with Crippen LogP contribution in [0.3, 0.4) is 0 Å². The second kappa shape index (κ2) is 11.0. The molecule has 3 heterocycles. The monoisotopic (exact) mass is 509 g/mol. The molecule has 4 aromatic rings. The summed E-state index contributed by atoms with van der Waals surface area (Å²) in [7, 11) is 0. The number of benzene rings is 3. The number of aryl methyl sites for hydroxylation is 1. The number of hydrogen-bond donors (Lipinski definition) is 3. The number of carbonyl (C=O) groups excluding carboxylic acids is 1. The molecule has 1 saturated heterocycles. The number of ketones is 1. The first kappa shape index (κ1) is 24.7. The van der Waals surface area contributed by atoms with Crippen LogP contribution in [0.1, 0.15) is 24.8 Å². The normalized spacial score (nSPS) is 19.3. The number of aromatic amines is 1. The lowest BCUT2D eigenvalue weighted by Gasteiger charge is -2.49. The number of aromatic nitrogens is 1. The Balaban J connectivity index is 1.33. The van der Waals surface area contributed by atoms with Crippen LogP contribution in [0.25, 0.3) is 10.9 Å². The van der Waals surface area contributed by atoms with E-state index in [9.17, 15) is 4.79 Å². The van der Waals surface area contributed by atoms with Crippen molar-refractivity contribution < 1.29 is 9.53 Å². The van der Waals surface area contributed by atoms with Crippen LogP contribution in [-0.2, 0) is 11.2 Å². The molecule has 3 N–H and O–H groups in total. The average molecular weight is 510 g/mol. The van der Waals surface area contributed by atoms with E-state index in [0.717, 1.165) is 50.3 Å². The van der Waals surface area contributed by atoms with Crippen LogP contribution in [0.4, 0.5) is 11.4 Å². The van der Waals surface area contributed by atoms with Gasteiger partial charge < -0.3 is 20.4 Å². The average Bonchev–Trinajstić information content (AvgIpc) is 3.46. The van der Waals surface area contributed by atoms with E-state index in [4.69, 9.17) is 4.74 Å². The van der Waals surface area contributed by atoms with Crippen molar-refractivity contribution in [2.24, 2.45) is 0 Å². The Morgan fingerprint density at radius 1 is 0.947 bits per heavy atom. The largest absolute Gasteiger partial charge is 0.494 e. The van der Waals surface area contributed by atoms with Gasteiger partial charge in [-0.15, -0.1) is 0 Å². The number of para-hydroxylation sites is 2. The van der Waals surface area contributed by atoms with Gasteiger partial charge in [-0.25, -0.2) is 0 Å². The zero-order chi connectivity index (χ0) is 25.8. The number of quaternary nitrogens is 1. The lowest BCUT2D eigenvalue weighted by atomic mass is 9.86. The van der Waals surface area contributed by atoms with Gasteiger partial charge in [-0.1, -0.05) is 42.5 Å². The number of nitrogens with one attached hydrogen (secondary N) is 3. The molecule has 0 amide bonds. The predicted octanol–water partition coefficient (Wildman–Crippen LogP) is 5.30. The summed E-state index contributed by atoms with van der Waals surface area (Å²) >= 11 is 0. The number of anilines is 1. The van der Waals surface area contributed by atoms with Crippen molar-refractivity contribution in [3.05, 3.63) is 90.6 Å². The van der Waals surface area contributed by atoms with Gasteiger partial charge in [-0.2, -0.15) is 0 Å². The molecule has 2 aliphatic heterocycles. The minimum atomic E-state index is -0.178.